The lowest BCUT2D eigenvalue weighted by atomic mass is 9.93. The molecule has 2 N–H and O–H groups in total. The van der Waals surface area contributed by atoms with Gasteiger partial charge in [-0.25, -0.2) is 0 Å². The summed E-state index contributed by atoms with van der Waals surface area (Å²) >= 11 is 0. The first-order chi connectivity index (χ1) is 8.33. The first-order valence-electron chi connectivity index (χ1n) is 6.56. The van der Waals surface area contributed by atoms with Gasteiger partial charge in [0.2, 0.25) is 5.91 Å². The summed E-state index contributed by atoms with van der Waals surface area (Å²) in [5.74, 6) is 1.47. The average Bonchev–Trinajstić information content (AvgIpc) is 2.90. The lowest BCUT2D eigenvalue weighted by molar-refractivity contribution is -0.123. The first-order valence-corrected chi connectivity index (χ1v) is 6.56. The van der Waals surface area contributed by atoms with Gasteiger partial charge in [-0.15, -0.1) is 0 Å². The standard InChI is InChI=1S/C13H22N2O2/c1-2-17-8-4-7-14-13(16)12-11-6-3-5-10(11)9-15-12/h2,10-12,15H,1,3-9H2,(H,14,16). The summed E-state index contributed by atoms with van der Waals surface area (Å²) in [5.41, 5.74) is 0. The van der Waals surface area contributed by atoms with Crippen molar-refractivity contribution in [1.82, 2.24) is 10.6 Å². The predicted molar refractivity (Wildman–Crippen MR) is 66.4 cm³/mol. The Hall–Kier alpha value is -1.03. The minimum absolute atomic E-state index is 0.0443. The molecule has 1 saturated heterocycles. The van der Waals surface area contributed by atoms with Crippen molar-refractivity contribution in [3.8, 4) is 0 Å². The molecular formula is C13H22N2O2. The number of rotatable bonds is 6. The maximum absolute atomic E-state index is 12.0. The van der Waals surface area contributed by atoms with Crippen molar-refractivity contribution in [3.05, 3.63) is 12.8 Å². The molecule has 1 aliphatic heterocycles. The van der Waals surface area contributed by atoms with Crippen molar-refractivity contribution in [2.45, 2.75) is 31.7 Å². The van der Waals surface area contributed by atoms with Crippen LogP contribution in [0.25, 0.3) is 0 Å². The maximum atomic E-state index is 12.0. The van der Waals surface area contributed by atoms with Crippen LogP contribution in [0, 0.1) is 11.8 Å². The topological polar surface area (TPSA) is 50.4 Å². The Bertz CT molecular complexity index is 281. The van der Waals surface area contributed by atoms with Gasteiger partial charge in [-0.05, 0) is 37.6 Å². The summed E-state index contributed by atoms with van der Waals surface area (Å²) in [5, 5.41) is 6.33. The number of carbonyl (C=O) groups is 1. The normalized spacial score (nSPS) is 30.9. The van der Waals surface area contributed by atoms with Crippen LogP contribution in [0.4, 0.5) is 0 Å². The summed E-state index contributed by atoms with van der Waals surface area (Å²) in [6.07, 6.45) is 6.04. The maximum Gasteiger partial charge on any atom is 0.237 e. The highest BCUT2D eigenvalue weighted by atomic mass is 16.5. The number of ether oxygens (including phenoxy) is 1. The Kier molecular flexibility index (Phi) is 4.42. The van der Waals surface area contributed by atoms with Crippen molar-refractivity contribution in [2.75, 3.05) is 19.7 Å². The summed E-state index contributed by atoms with van der Waals surface area (Å²) in [4.78, 5) is 12.0. The van der Waals surface area contributed by atoms with Crippen LogP contribution in [0.15, 0.2) is 12.8 Å². The van der Waals surface area contributed by atoms with E-state index in [0.29, 0.717) is 19.1 Å². The fourth-order valence-corrected chi connectivity index (χ4v) is 3.04. The second kappa shape index (κ2) is 6.05. The Labute approximate surface area is 103 Å². The third-order valence-corrected chi connectivity index (χ3v) is 3.88. The van der Waals surface area contributed by atoms with Crippen molar-refractivity contribution in [2.24, 2.45) is 11.8 Å². The summed E-state index contributed by atoms with van der Waals surface area (Å²) in [6, 6.07) is 0.0443. The molecule has 0 aromatic heterocycles. The number of hydrogen-bond acceptors (Lipinski definition) is 3. The molecule has 2 rings (SSSR count). The SMILES string of the molecule is C=COCCCNC(=O)C1NCC2CCCC21. The Balaban J connectivity index is 1.67. The van der Waals surface area contributed by atoms with Gasteiger partial charge in [0.15, 0.2) is 0 Å². The molecule has 1 amide bonds. The molecule has 4 heteroatoms. The summed E-state index contributed by atoms with van der Waals surface area (Å²) < 4.78 is 5.01. The zero-order chi connectivity index (χ0) is 12.1. The molecule has 1 saturated carbocycles. The molecular weight excluding hydrogens is 216 g/mol. The highest BCUT2D eigenvalue weighted by Gasteiger charge is 2.42. The van der Waals surface area contributed by atoms with Crippen molar-refractivity contribution < 1.29 is 9.53 Å². The van der Waals surface area contributed by atoms with Crippen LogP contribution in [0.3, 0.4) is 0 Å². The zero-order valence-corrected chi connectivity index (χ0v) is 10.3. The number of fused-ring (bicyclic) bond motifs is 1. The molecule has 0 spiro atoms. The van der Waals surface area contributed by atoms with E-state index in [0.717, 1.165) is 18.9 Å². The molecule has 4 nitrogen and oxygen atoms in total. The smallest absolute Gasteiger partial charge is 0.237 e. The van der Waals surface area contributed by atoms with Gasteiger partial charge >= 0.3 is 0 Å². The molecule has 0 aromatic rings. The van der Waals surface area contributed by atoms with Gasteiger partial charge in [-0.2, -0.15) is 0 Å². The Morgan fingerprint density at radius 2 is 2.41 bits per heavy atom. The minimum Gasteiger partial charge on any atom is -0.502 e. The van der Waals surface area contributed by atoms with Crippen LogP contribution in [0.2, 0.25) is 0 Å². The minimum atomic E-state index is 0.0443. The van der Waals surface area contributed by atoms with E-state index >= 15 is 0 Å². The zero-order valence-electron chi connectivity index (χ0n) is 10.3. The van der Waals surface area contributed by atoms with Gasteiger partial charge in [0.05, 0.1) is 18.9 Å². The monoisotopic (exact) mass is 238 g/mol. The fourth-order valence-electron chi connectivity index (χ4n) is 3.04. The lowest BCUT2D eigenvalue weighted by Crippen LogP contribution is -2.44. The van der Waals surface area contributed by atoms with Gasteiger partial charge < -0.3 is 15.4 Å². The Morgan fingerprint density at radius 1 is 1.53 bits per heavy atom. The van der Waals surface area contributed by atoms with Gasteiger partial charge in [-0.3, -0.25) is 4.79 Å². The van der Waals surface area contributed by atoms with Crippen molar-refractivity contribution >= 4 is 5.91 Å². The third-order valence-electron chi connectivity index (χ3n) is 3.88. The summed E-state index contributed by atoms with van der Waals surface area (Å²) in [7, 11) is 0. The highest BCUT2D eigenvalue weighted by Crippen LogP contribution is 2.37. The second-order valence-electron chi connectivity index (χ2n) is 4.92. The van der Waals surface area contributed by atoms with Gasteiger partial charge in [0.1, 0.15) is 0 Å². The van der Waals surface area contributed by atoms with Crippen molar-refractivity contribution in [1.29, 1.82) is 0 Å². The van der Waals surface area contributed by atoms with Crippen LogP contribution < -0.4 is 10.6 Å². The predicted octanol–water partition coefficient (Wildman–Crippen LogP) is 1.04. The van der Waals surface area contributed by atoms with Crippen molar-refractivity contribution in [3.63, 3.8) is 0 Å². The molecule has 0 bridgehead atoms. The third kappa shape index (κ3) is 3.00. The molecule has 3 unspecified atom stereocenters. The van der Waals surface area contributed by atoms with Gasteiger partial charge in [0.25, 0.3) is 0 Å². The number of hydrogen-bond donors (Lipinski definition) is 2. The lowest BCUT2D eigenvalue weighted by Gasteiger charge is -2.17. The molecule has 96 valence electrons. The van der Waals surface area contributed by atoms with E-state index in [4.69, 9.17) is 4.74 Å². The number of carbonyl (C=O) groups excluding carboxylic acids is 1. The van der Waals surface area contributed by atoms with E-state index in [1.807, 2.05) is 0 Å². The van der Waals surface area contributed by atoms with E-state index in [-0.39, 0.29) is 11.9 Å². The molecule has 17 heavy (non-hydrogen) atoms. The van der Waals surface area contributed by atoms with E-state index in [1.165, 1.54) is 25.5 Å². The van der Waals surface area contributed by atoms with Gasteiger partial charge in [0, 0.05) is 6.54 Å². The largest absolute Gasteiger partial charge is 0.502 e. The number of nitrogens with one attached hydrogen (secondary N) is 2. The molecule has 2 fully saturated rings. The van der Waals surface area contributed by atoms with Crippen LogP contribution in [0.5, 0.6) is 0 Å². The molecule has 1 heterocycles. The number of amides is 1. The molecule has 2 aliphatic rings. The molecule has 0 radical (unpaired) electrons. The average molecular weight is 238 g/mol. The van der Waals surface area contributed by atoms with E-state index in [1.54, 1.807) is 0 Å². The molecule has 1 aliphatic carbocycles. The van der Waals surface area contributed by atoms with Gasteiger partial charge in [-0.1, -0.05) is 13.0 Å². The first kappa shape index (κ1) is 12.4. The summed E-state index contributed by atoms with van der Waals surface area (Å²) in [6.45, 7) is 5.79. The highest BCUT2D eigenvalue weighted by molar-refractivity contribution is 5.82. The van der Waals surface area contributed by atoms with E-state index in [2.05, 4.69) is 17.2 Å². The van der Waals surface area contributed by atoms with E-state index < -0.39 is 0 Å². The van der Waals surface area contributed by atoms with E-state index in [9.17, 15) is 4.79 Å². The second-order valence-corrected chi connectivity index (χ2v) is 4.92. The Morgan fingerprint density at radius 3 is 3.24 bits per heavy atom. The van der Waals surface area contributed by atoms with Crippen LogP contribution in [-0.2, 0) is 9.53 Å². The quantitative estimate of drug-likeness (QED) is 0.537. The molecule has 0 aromatic carbocycles. The fraction of sp³-hybridized carbons (Fsp3) is 0.769. The van der Waals surface area contributed by atoms with Crippen LogP contribution in [0.1, 0.15) is 25.7 Å². The van der Waals surface area contributed by atoms with Crippen LogP contribution >= 0.6 is 0 Å². The van der Waals surface area contributed by atoms with Crippen LogP contribution in [-0.4, -0.2) is 31.6 Å². The molecule has 3 atom stereocenters.